The van der Waals surface area contributed by atoms with E-state index in [1.165, 1.54) is 24.8 Å². The van der Waals surface area contributed by atoms with E-state index in [0.29, 0.717) is 37.0 Å². The summed E-state index contributed by atoms with van der Waals surface area (Å²) in [7, 11) is -4.71. The molecule has 1 aromatic heterocycles. The van der Waals surface area contributed by atoms with Crippen LogP contribution >= 0.6 is 0 Å². The summed E-state index contributed by atoms with van der Waals surface area (Å²) >= 11 is 0. The van der Waals surface area contributed by atoms with Crippen LogP contribution < -0.4 is 4.72 Å². The number of benzene rings is 3. The number of imidazole rings is 1. The summed E-state index contributed by atoms with van der Waals surface area (Å²) in [5.74, 6) is -1.06. The number of hydrogen-bond donors (Lipinski definition) is 1. The minimum Gasteiger partial charge on any atom is -0.342 e. The molecule has 2 unspecified atom stereocenters. The lowest BCUT2D eigenvalue weighted by Crippen LogP contribution is -2.54. The molecule has 7 rings (SSSR count). The molecule has 288 valence electrons. The van der Waals surface area contributed by atoms with Crippen molar-refractivity contribution in [2.75, 3.05) is 19.6 Å². The number of aryl methyl sites for hydroxylation is 1. The number of carbonyl (C=O) groups excluding carboxylic acids is 2. The smallest absolute Gasteiger partial charge is 0.342 e. The van der Waals surface area contributed by atoms with Gasteiger partial charge in [0.15, 0.2) is 0 Å². The molecule has 1 N–H and O–H groups in total. The molecule has 9 nitrogen and oxygen atoms in total. The molecule has 3 fully saturated rings. The highest BCUT2D eigenvalue weighted by atomic mass is 32.2. The Morgan fingerprint density at radius 3 is 2.24 bits per heavy atom. The average molecular weight is 768 g/mol. The minimum atomic E-state index is -4.79. The zero-order chi connectivity index (χ0) is 38.6. The second kappa shape index (κ2) is 14.1. The van der Waals surface area contributed by atoms with Crippen LogP contribution in [0.1, 0.15) is 81.8 Å². The van der Waals surface area contributed by atoms with Gasteiger partial charge in [0.1, 0.15) is 17.1 Å². The van der Waals surface area contributed by atoms with Crippen LogP contribution in [0.15, 0.2) is 77.7 Å². The van der Waals surface area contributed by atoms with Crippen LogP contribution in [-0.4, -0.2) is 71.3 Å². The van der Waals surface area contributed by atoms with Crippen molar-refractivity contribution in [1.29, 1.82) is 0 Å². The summed E-state index contributed by atoms with van der Waals surface area (Å²) in [6, 6.07) is 19.1. The van der Waals surface area contributed by atoms with Gasteiger partial charge in [0.05, 0.1) is 21.5 Å². The number of para-hydroxylation sites is 2. The topological polar surface area (TPSA) is 105 Å². The van der Waals surface area contributed by atoms with Crippen LogP contribution in [-0.2, 0) is 31.2 Å². The number of nitrogens with zero attached hydrogens (tertiary/aromatic N) is 4. The normalized spacial score (nSPS) is 22.1. The Hall–Kier alpha value is -4.30. The fourth-order valence-electron chi connectivity index (χ4n) is 9.07. The Kier molecular flexibility index (Phi) is 9.91. The molecule has 4 aromatic rings. The minimum absolute atomic E-state index is 0.258. The zero-order valence-electron chi connectivity index (χ0n) is 30.6. The molecule has 2 atom stereocenters. The van der Waals surface area contributed by atoms with Gasteiger partial charge in [-0.2, -0.15) is 13.2 Å². The molecule has 0 radical (unpaired) electrons. The Labute approximate surface area is 312 Å². The maximum atomic E-state index is 14.7. The number of aromatic nitrogens is 2. The second-order valence-corrected chi connectivity index (χ2v) is 17.4. The third-order valence-corrected chi connectivity index (χ3v) is 13.4. The van der Waals surface area contributed by atoms with Crippen molar-refractivity contribution >= 4 is 32.9 Å². The molecule has 0 saturated carbocycles. The van der Waals surface area contributed by atoms with E-state index < -0.39 is 49.3 Å². The highest BCUT2D eigenvalue weighted by Gasteiger charge is 2.47. The molecule has 54 heavy (non-hydrogen) atoms. The number of carbonyl (C=O) groups is 2. The number of likely N-dealkylation sites (tertiary alicyclic amines) is 1. The molecule has 0 spiro atoms. The lowest BCUT2D eigenvalue weighted by atomic mass is 9.70. The number of fused-ring (bicyclic) bond motifs is 3. The van der Waals surface area contributed by atoms with Crippen molar-refractivity contribution in [2.24, 2.45) is 5.41 Å². The third-order valence-electron chi connectivity index (χ3n) is 12.1. The van der Waals surface area contributed by atoms with Crippen LogP contribution in [0.3, 0.4) is 0 Å². The molecule has 2 amide bonds. The van der Waals surface area contributed by atoms with Gasteiger partial charge >= 0.3 is 6.18 Å². The van der Waals surface area contributed by atoms with E-state index in [1.54, 1.807) is 12.1 Å². The Balaban J connectivity index is 1.03. The highest BCUT2D eigenvalue weighted by Crippen LogP contribution is 2.45. The SMILES string of the molecule is Cc1nc2ccccc2n1C1CC2CCC(C1)N2CCC1(c2cccc(F)c2)CCN(C(=O)C(C)(C)C(=O)NS(=O)(=O)c2cccc(C(F)(F)F)c2)CC1. The summed E-state index contributed by atoms with van der Waals surface area (Å²) in [4.78, 5) is 35.4. The van der Waals surface area contributed by atoms with Gasteiger partial charge in [-0.1, -0.05) is 30.3 Å². The molecule has 3 aliphatic rings. The van der Waals surface area contributed by atoms with Gasteiger partial charge in [-0.15, -0.1) is 0 Å². The van der Waals surface area contributed by atoms with E-state index in [4.69, 9.17) is 4.98 Å². The van der Waals surface area contributed by atoms with Crippen LogP contribution in [0.2, 0.25) is 0 Å². The van der Waals surface area contributed by atoms with E-state index in [2.05, 4.69) is 34.6 Å². The number of alkyl halides is 3. The maximum absolute atomic E-state index is 14.7. The van der Waals surface area contributed by atoms with Crippen LogP contribution in [0.5, 0.6) is 0 Å². The van der Waals surface area contributed by atoms with Crippen molar-refractivity contribution in [3.63, 3.8) is 0 Å². The van der Waals surface area contributed by atoms with E-state index in [-0.39, 0.29) is 18.9 Å². The van der Waals surface area contributed by atoms with Crippen molar-refractivity contribution in [3.8, 4) is 0 Å². The Morgan fingerprint density at radius 2 is 1.57 bits per heavy atom. The maximum Gasteiger partial charge on any atom is 0.416 e. The number of halogens is 4. The molecule has 14 heteroatoms. The van der Waals surface area contributed by atoms with Crippen LogP contribution in [0.25, 0.3) is 11.0 Å². The van der Waals surface area contributed by atoms with Crippen molar-refractivity contribution in [1.82, 2.24) is 24.1 Å². The quantitative estimate of drug-likeness (QED) is 0.143. The first-order valence-electron chi connectivity index (χ1n) is 18.5. The first kappa shape index (κ1) is 38.0. The molecule has 4 heterocycles. The van der Waals surface area contributed by atoms with Gasteiger partial charge in [0.25, 0.3) is 10.0 Å². The summed E-state index contributed by atoms with van der Waals surface area (Å²) in [6.07, 6.45) is 1.25. The lowest BCUT2D eigenvalue weighted by Gasteiger charge is -2.46. The number of hydrogen-bond acceptors (Lipinski definition) is 6. The van der Waals surface area contributed by atoms with Crippen molar-refractivity contribution < 1.29 is 35.6 Å². The fraction of sp³-hybridized carbons (Fsp3) is 0.475. The first-order chi connectivity index (χ1) is 25.5. The molecule has 3 aromatic carbocycles. The molecule has 3 saturated heterocycles. The van der Waals surface area contributed by atoms with E-state index >= 15 is 0 Å². The standard InChI is InChI=1S/C40H45F4N5O4S/c1-26-45-34-12-4-5-13-35(34)49(26)32-24-30-14-15-31(25-32)48(30)21-18-39(27-8-6-10-29(41)22-27)16-19-47(20-17-39)37(51)38(2,3)36(50)46-54(52,53)33-11-7-9-28(23-33)40(42,43)44/h4-13,22-23,30-32H,14-21,24-25H2,1-3H3,(H,46,50). The van der Waals surface area contributed by atoms with E-state index in [1.807, 2.05) is 16.9 Å². The molecule has 3 aliphatic heterocycles. The van der Waals surface area contributed by atoms with Gasteiger partial charge < -0.3 is 9.47 Å². The van der Waals surface area contributed by atoms with Gasteiger partial charge in [-0.25, -0.2) is 22.5 Å². The predicted molar refractivity (Wildman–Crippen MR) is 195 cm³/mol. The van der Waals surface area contributed by atoms with Crippen LogP contribution in [0.4, 0.5) is 17.6 Å². The Bertz CT molecular complexity index is 2160. The number of amides is 2. The van der Waals surface area contributed by atoms with Gasteiger partial charge in [0.2, 0.25) is 11.8 Å². The third kappa shape index (κ3) is 7.14. The number of piperidine rings is 2. The summed E-state index contributed by atoms with van der Waals surface area (Å²) in [5, 5.41) is 0. The molecular formula is C40H45F4N5O4S. The van der Waals surface area contributed by atoms with Gasteiger partial charge in [0, 0.05) is 31.2 Å². The van der Waals surface area contributed by atoms with E-state index in [9.17, 15) is 35.6 Å². The fourth-order valence-corrected chi connectivity index (χ4v) is 10.2. The number of rotatable bonds is 9. The summed E-state index contributed by atoms with van der Waals surface area (Å²) in [5.41, 5.74) is -0.435. The second-order valence-electron chi connectivity index (χ2n) is 15.7. The number of nitrogens with one attached hydrogen (secondary N) is 1. The zero-order valence-corrected chi connectivity index (χ0v) is 31.4. The Morgan fingerprint density at radius 1 is 0.907 bits per heavy atom. The van der Waals surface area contributed by atoms with Crippen molar-refractivity contribution in [3.05, 3.63) is 95.6 Å². The van der Waals surface area contributed by atoms with Crippen LogP contribution in [0, 0.1) is 18.2 Å². The summed E-state index contributed by atoms with van der Waals surface area (Å²) in [6.45, 7) is 6.01. The first-order valence-corrected chi connectivity index (χ1v) is 20.0. The molecular weight excluding hydrogens is 723 g/mol. The average Bonchev–Trinajstić information content (AvgIpc) is 3.60. The van der Waals surface area contributed by atoms with Gasteiger partial charge in [-0.3, -0.25) is 14.5 Å². The lowest BCUT2D eigenvalue weighted by molar-refractivity contribution is -0.149. The van der Waals surface area contributed by atoms with Gasteiger partial charge in [-0.05, 0) is 126 Å². The molecule has 2 bridgehead atoms. The summed E-state index contributed by atoms with van der Waals surface area (Å²) < 4.78 is 84.6. The monoisotopic (exact) mass is 767 g/mol. The largest absolute Gasteiger partial charge is 0.416 e. The van der Waals surface area contributed by atoms with E-state index in [0.717, 1.165) is 79.3 Å². The molecule has 0 aliphatic carbocycles. The highest BCUT2D eigenvalue weighted by molar-refractivity contribution is 7.90. The predicted octanol–water partition coefficient (Wildman–Crippen LogP) is 7.15. The van der Waals surface area contributed by atoms with Crippen molar-refractivity contribution in [2.45, 2.75) is 100 Å². The number of sulfonamides is 1.